The van der Waals surface area contributed by atoms with E-state index in [9.17, 15) is 4.79 Å². The Labute approximate surface area is 126 Å². The van der Waals surface area contributed by atoms with Crippen LogP contribution >= 0.6 is 0 Å². The van der Waals surface area contributed by atoms with E-state index in [-0.39, 0.29) is 11.4 Å². The first kappa shape index (κ1) is 15.3. The van der Waals surface area contributed by atoms with Crippen LogP contribution in [0.1, 0.15) is 43.6 Å². The van der Waals surface area contributed by atoms with Gasteiger partial charge in [-0.05, 0) is 41.2 Å². The van der Waals surface area contributed by atoms with Gasteiger partial charge in [-0.2, -0.15) is 0 Å². The molecular formula is C19H22O2. The maximum atomic E-state index is 11.6. The Morgan fingerprint density at radius 3 is 1.81 bits per heavy atom. The predicted octanol–water partition coefficient (Wildman–Crippen LogP) is 4.83. The summed E-state index contributed by atoms with van der Waals surface area (Å²) in [5.41, 5.74) is 4.31. The minimum Gasteiger partial charge on any atom is -0.462 e. The molecule has 2 aromatic rings. The number of ether oxygens (including phenoxy) is 1. The summed E-state index contributed by atoms with van der Waals surface area (Å²) in [6, 6.07) is 16.1. The van der Waals surface area contributed by atoms with Gasteiger partial charge in [-0.15, -0.1) is 0 Å². The van der Waals surface area contributed by atoms with Crippen molar-refractivity contribution in [3.63, 3.8) is 0 Å². The van der Waals surface area contributed by atoms with Crippen molar-refractivity contribution in [2.24, 2.45) is 0 Å². The molecular weight excluding hydrogens is 260 g/mol. The monoisotopic (exact) mass is 282 g/mol. The van der Waals surface area contributed by atoms with Gasteiger partial charge in [0.1, 0.15) is 0 Å². The van der Waals surface area contributed by atoms with Gasteiger partial charge in [0, 0.05) is 0 Å². The lowest BCUT2D eigenvalue weighted by atomic mass is 9.86. The second-order valence-electron chi connectivity index (χ2n) is 6.13. The first-order chi connectivity index (χ1) is 9.91. The normalized spacial score (nSPS) is 11.2. The van der Waals surface area contributed by atoms with Crippen LogP contribution in [0, 0.1) is 0 Å². The van der Waals surface area contributed by atoms with E-state index < -0.39 is 0 Å². The topological polar surface area (TPSA) is 26.3 Å². The lowest BCUT2D eigenvalue weighted by molar-refractivity contribution is 0.0526. The zero-order valence-corrected chi connectivity index (χ0v) is 13.1. The molecule has 0 radical (unpaired) electrons. The summed E-state index contributed by atoms with van der Waals surface area (Å²) in [4.78, 5) is 11.6. The van der Waals surface area contributed by atoms with Crippen LogP contribution in [0.2, 0.25) is 0 Å². The van der Waals surface area contributed by atoms with Gasteiger partial charge in [0.2, 0.25) is 0 Å². The molecule has 2 rings (SSSR count). The quantitative estimate of drug-likeness (QED) is 0.754. The van der Waals surface area contributed by atoms with E-state index in [4.69, 9.17) is 4.74 Å². The van der Waals surface area contributed by atoms with Gasteiger partial charge in [0.15, 0.2) is 0 Å². The van der Waals surface area contributed by atoms with E-state index in [1.165, 1.54) is 5.56 Å². The first-order valence-electron chi connectivity index (χ1n) is 7.30. The smallest absolute Gasteiger partial charge is 0.338 e. The van der Waals surface area contributed by atoms with Crippen molar-refractivity contribution < 1.29 is 9.53 Å². The maximum absolute atomic E-state index is 11.6. The molecule has 0 saturated carbocycles. The van der Waals surface area contributed by atoms with E-state index in [1.54, 1.807) is 0 Å². The van der Waals surface area contributed by atoms with Crippen molar-refractivity contribution in [1.82, 2.24) is 0 Å². The summed E-state index contributed by atoms with van der Waals surface area (Å²) < 4.78 is 4.99. The van der Waals surface area contributed by atoms with Crippen LogP contribution < -0.4 is 0 Å². The highest BCUT2D eigenvalue weighted by Gasteiger charge is 2.13. The zero-order valence-electron chi connectivity index (χ0n) is 13.1. The highest BCUT2D eigenvalue weighted by atomic mass is 16.5. The molecule has 2 heteroatoms. The maximum Gasteiger partial charge on any atom is 0.338 e. The molecule has 0 aliphatic carbocycles. The zero-order chi connectivity index (χ0) is 15.5. The number of carbonyl (C=O) groups is 1. The van der Waals surface area contributed by atoms with Crippen LogP contribution in [0.25, 0.3) is 11.1 Å². The summed E-state index contributed by atoms with van der Waals surface area (Å²) in [6.07, 6.45) is 0. The fourth-order valence-corrected chi connectivity index (χ4v) is 2.18. The van der Waals surface area contributed by atoms with Crippen molar-refractivity contribution in [1.29, 1.82) is 0 Å². The molecule has 0 aliphatic heterocycles. The van der Waals surface area contributed by atoms with Crippen molar-refractivity contribution in [2.45, 2.75) is 33.1 Å². The van der Waals surface area contributed by atoms with Crippen molar-refractivity contribution in [2.75, 3.05) is 6.61 Å². The van der Waals surface area contributed by atoms with E-state index in [1.807, 2.05) is 31.2 Å². The molecule has 0 N–H and O–H groups in total. The van der Waals surface area contributed by atoms with E-state index in [0.717, 1.165) is 11.1 Å². The van der Waals surface area contributed by atoms with Crippen LogP contribution in [0.15, 0.2) is 48.5 Å². The molecule has 0 atom stereocenters. The van der Waals surface area contributed by atoms with E-state index >= 15 is 0 Å². The van der Waals surface area contributed by atoms with Crippen LogP contribution in [0.3, 0.4) is 0 Å². The van der Waals surface area contributed by atoms with Crippen LogP contribution in [-0.4, -0.2) is 12.6 Å². The molecule has 0 saturated heterocycles. The summed E-state index contributed by atoms with van der Waals surface area (Å²) >= 11 is 0. The molecule has 110 valence electrons. The Morgan fingerprint density at radius 1 is 0.905 bits per heavy atom. The molecule has 2 aromatic carbocycles. The lowest BCUT2D eigenvalue weighted by Crippen LogP contribution is -2.10. The van der Waals surface area contributed by atoms with E-state index in [2.05, 4.69) is 45.0 Å². The minimum absolute atomic E-state index is 0.159. The van der Waals surface area contributed by atoms with Gasteiger partial charge < -0.3 is 4.74 Å². The average Bonchev–Trinajstić information content (AvgIpc) is 2.47. The fraction of sp³-hybridized carbons (Fsp3) is 0.316. The van der Waals surface area contributed by atoms with Crippen LogP contribution in [-0.2, 0) is 10.2 Å². The highest BCUT2D eigenvalue weighted by molar-refractivity contribution is 5.90. The molecule has 0 amide bonds. The Hall–Kier alpha value is -2.09. The Bertz CT molecular complexity index is 602. The Kier molecular flexibility index (Phi) is 4.46. The molecule has 0 fully saturated rings. The molecule has 0 aliphatic rings. The highest BCUT2D eigenvalue weighted by Crippen LogP contribution is 2.26. The van der Waals surface area contributed by atoms with Crippen molar-refractivity contribution in [3.05, 3.63) is 59.7 Å². The molecule has 0 spiro atoms. The third-order valence-corrected chi connectivity index (χ3v) is 3.48. The largest absolute Gasteiger partial charge is 0.462 e. The summed E-state index contributed by atoms with van der Waals surface area (Å²) in [7, 11) is 0. The third-order valence-electron chi connectivity index (χ3n) is 3.48. The van der Waals surface area contributed by atoms with E-state index in [0.29, 0.717) is 12.2 Å². The molecule has 0 aromatic heterocycles. The second kappa shape index (κ2) is 6.13. The number of carbonyl (C=O) groups excluding carboxylic acids is 1. The number of hydrogen-bond acceptors (Lipinski definition) is 2. The molecule has 21 heavy (non-hydrogen) atoms. The van der Waals surface area contributed by atoms with Gasteiger partial charge in [-0.25, -0.2) is 4.79 Å². The Balaban J connectivity index is 2.21. The molecule has 0 bridgehead atoms. The summed E-state index contributed by atoms with van der Waals surface area (Å²) in [5, 5.41) is 0. The van der Waals surface area contributed by atoms with Crippen molar-refractivity contribution in [3.8, 4) is 11.1 Å². The number of hydrogen-bond donors (Lipinski definition) is 0. The lowest BCUT2D eigenvalue weighted by Gasteiger charge is -2.19. The average molecular weight is 282 g/mol. The fourth-order valence-electron chi connectivity index (χ4n) is 2.18. The standard InChI is InChI=1S/C19H22O2/c1-5-21-18(20)16-8-6-14(7-9-16)15-10-12-17(13-11-15)19(2,3)4/h6-13H,5H2,1-4H3. The molecule has 2 nitrogen and oxygen atoms in total. The number of benzene rings is 2. The number of rotatable bonds is 3. The first-order valence-corrected chi connectivity index (χ1v) is 7.30. The molecule has 0 unspecified atom stereocenters. The van der Waals surface area contributed by atoms with Crippen LogP contribution in [0.5, 0.6) is 0 Å². The SMILES string of the molecule is CCOC(=O)c1ccc(-c2ccc(C(C)(C)C)cc2)cc1. The van der Waals surface area contributed by atoms with Gasteiger partial charge in [-0.3, -0.25) is 0 Å². The summed E-state index contributed by atoms with van der Waals surface area (Å²) in [6.45, 7) is 8.82. The van der Waals surface area contributed by atoms with Gasteiger partial charge >= 0.3 is 5.97 Å². The second-order valence-corrected chi connectivity index (χ2v) is 6.13. The van der Waals surface area contributed by atoms with Crippen molar-refractivity contribution >= 4 is 5.97 Å². The van der Waals surface area contributed by atoms with Crippen LogP contribution in [0.4, 0.5) is 0 Å². The molecule has 0 heterocycles. The minimum atomic E-state index is -0.271. The predicted molar refractivity (Wildman–Crippen MR) is 86.5 cm³/mol. The number of esters is 1. The van der Waals surface area contributed by atoms with Gasteiger partial charge in [-0.1, -0.05) is 57.2 Å². The van der Waals surface area contributed by atoms with Gasteiger partial charge in [0.05, 0.1) is 12.2 Å². The summed E-state index contributed by atoms with van der Waals surface area (Å²) in [5.74, 6) is -0.271. The third kappa shape index (κ3) is 3.72. The van der Waals surface area contributed by atoms with Gasteiger partial charge in [0.25, 0.3) is 0 Å². The Morgan fingerprint density at radius 2 is 1.38 bits per heavy atom.